The topological polar surface area (TPSA) is 79.5 Å². The van der Waals surface area contributed by atoms with Crippen LogP contribution in [0.25, 0.3) is 10.9 Å². The number of benzene rings is 1. The molecule has 1 aromatic heterocycles. The van der Waals surface area contributed by atoms with Gasteiger partial charge in [-0.15, -0.1) is 0 Å². The molecule has 7 heteroatoms. The molecule has 0 aliphatic carbocycles. The van der Waals surface area contributed by atoms with Crippen LogP contribution in [-0.2, 0) is 9.84 Å². The summed E-state index contributed by atoms with van der Waals surface area (Å²) in [6.45, 7) is 0.716. The number of likely N-dealkylation sites (tertiary alicyclic amines) is 1. The number of ether oxygens (including phenoxy) is 1. The molecule has 1 amide bonds. The Bertz CT molecular complexity index is 825. The van der Waals surface area contributed by atoms with Gasteiger partial charge in [-0.3, -0.25) is 4.79 Å². The van der Waals surface area contributed by atoms with Crippen molar-refractivity contribution < 1.29 is 17.9 Å². The minimum Gasteiger partial charge on any atom is -0.496 e. The molecule has 0 saturated carbocycles. The van der Waals surface area contributed by atoms with Gasteiger partial charge in [0, 0.05) is 30.2 Å². The number of carbonyl (C=O) groups is 1. The van der Waals surface area contributed by atoms with Crippen LogP contribution in [0.15, 0.2) is 24.3 Å². The molecule has 1 atom stereocenters. The van der Waals surface area contributed by atoms with E-state index in [2.05, 4.69) is 4.98 Å². The van der Waals surface area contributed by atoms with Gasteiger partial charge in [-0.1, -0.05) is 6.07 Å². The number of fused-ring (bicyclic) bond motifs is 1. The summed E-state index contributed by atoms with van der Waals surface area (Å²) in [5.41, 5.74) is 1.27. The van der Waals surface area contributed by atoms with Crippen LogP contribution in [0.5, 0.6) is 5.75 Å². The smallest absolute Gasteiger partial charge is 0.270 e. The minimum atomic E-state index is -3.11. The van der Waals surface area contributed by atoms with Crippen LogP contribution in [-0.4, -0.2) is 55.9 Å². The summed E-state index contributed by atoms with van der Waals surface area (Å²) in [4.78, 5) is 17.2. The Morgan fingerprint density at radius 2 is 2.18 bits per heavy atom. The maximum atomic E-state index is 12.5. The second-order valence-corrected chi connectivity index (χ2v) is 7.92. The Morgan fingerprint density at radius 3 is 2.82 bits per heavy atom. The average molecular weight is 322 g/mol. The molecule has 0 unspecified atom stereocenters. The molecular weight excluding hydrogens is 304 g/mol. The second kappa shape index (κ2) is 5.31. The lowest BCUT2D eigenvalue weighted by Gasteiger charge is -2.14. The van der Waals surface area contributed by atoms with E-state index in [1.54, 1.807) is 18.1 Å². The van der Waals surface area contributed by atoms with Crippen molar-refractivity contribution in [2.24, 2.45) is 0 Å². The van der Waals surface area contributed by atoms with E-state index in [1.165, 1.54) is 6.26 Å². The highest BCUT2D eigenvalue weighted by molar-refractivity contribution is 7.91. The largest absolute Gasteiger partial charge is 0.496 e. The summed E-state index contributed by atoms with van der Waals surface area (Å²) in [7, 11) is -1.53. The summed E-state index contributed by atoms with van der Waals surface area (Å²) in [6, 6.07) is 7.31. The third-order valence-corrected chi connectivity index (χ3v) is 5.71. The summed E-state index contributed by atoms with van der Waals surface area (Å²) >= 11 is 0. The lowest BCUT2D eigenvalue weighted by atomic mass is 10.2. The number of H-pyrrole nitrogens is 1. The fraction of sp³-hybridized carbons (Fsp3) is 0.400. The third-order valence-electron chi connectivity index (χ3n) is 4.11. The van der Waals surface area contributed by atoms with Crippen LogP contribution in [0.3, 0.4) is 0 Å². The Kier molecular flexibility index (Phi) is 3.60. The monoisotopic (exact) mass is 322 g/mol. The van der Waals surface area contributed by atoms with E-state index in [-0.39, 0.29) is 12.5 Å². The van der Waals surface area contributed by atoms with Crippen molar-refractivity contribution in [3.63, 3.8) is 0 Å². The number of sulfone groups is 1. The van der Waals surface area contributed by atoms with Gasteiger partial charge in [-0.25, -0.2) is 8.42 Å². The van der Waals surface area contributed by atoms with Gasteiger partial charge in [0.05, 0.1) is 12.4 Å². The molecule has 3 rings (SSSR count). The van der Waals surface area contributed by atoms with Crippen molar-refractivity contribution in [1.82, 2.24) is 9.88 Å². The molecule has 0 radical (unpaired) electrons. The summed E-state index contributed by atoms with van der Waals surface area (Å²) in [6.07, 6.45) is 1.72. The van der Waals surface area contributed by atoms with Crippen molar-refractivity contribution in [3.8, 4) is 5.75 Å². The molecule has 118 valence electrons. The van der Waals surface area contributed by atoms with Crippen LogP contribution in [0.1, 0.15) is 16.9 Å². The number of carbonyl (C=O) groups excluding carboxylic acids is 1. The number of nitrogens with zero attached hydrogens (tertiary/aromatic N) is 1. The van der Waals surface area contributed by atoms with Crippen LogP contribution in [0.2, 0.25) is 0 Å². The zero-order valence-corrected chi connectivity index (χ0v) is 13.3. The number of methoxy groups -OCH3 is 1. The summed E-state index contributed by atoms with van der Waals surface area (Å²) in [5, 5.41) is 0.377. The molecule has 0 spiro atoms. The normalized spacial score (nSPS) is 18.8. The van der Waals surface area contributed by atoms with E-state index in [4.69, 9.17) is 4.74 Å². The van der Waals surface area contributed by atoms with Crippen molar-refractivity contribution in [2.75, 3.05) is 26.5 Å². The van der Waals surface area contributed by atoms with E-state index in [0.29, 0.717) is 24.4 Å². The first-order valence-electron chi connectivity index (χ1n) is 7.04. The van der Waals surface area contributed by atoms with Gasteiger partial charge in [0.25, 0.3) is 5.91 Å². The third kappa shape index (κ3) is 2.56. The van der Waals surface area contributed by atoms with Gasteiger partial charge in [-0.2, -0.15) is 0 Å². The van der Waals surface area contributed by atoms with Gasteiger partial charge >= 0.3 is 0 Å². The number of nitrogens with one attached hydrogen (secondary N) is 1. The zero-order valence-electron chi connectivity index (χ0n) is 12.5. The van der Waals surface area contributed by atoms with Gasteiger partial charge in [0.1, 0.15) is 11.4 Å². The molecule has 1 N–H and O–H groups in total. The zero-order chi connectivity index (χ0) is 15.9. The summed E-state index contributed by atoms with van der Waals surface area (Å²) in [5.74, 6) is 0.521. The van der Waals surface area contributed by atoms with E-state index in [1.807, 2.05) is 18.2 Å². The standard InChI is InChI=1S/C15H18N2O4S/c1-21-14-5-3-4-12-11(14)8-13(16-12)15(18)17-7-6-10(9-17)22(2,19)20/h3-5,8,10,16H,6-7,9H2,1-2H3/t10-/m1/s1. The molecule has 1 aliphatic heterocycles. The molecule has 2 heterocycles. The van der Waals surface area contributed by atoms with E-state index in [9.17, 15) is 13.2 Å². The number of rotatable bonds is 3. The average Bonchev–Trinajstić information content (AvgIpc) is 3.12. The minimum absolute atomic E-state index is 0.176. The van der Waals surface area contributed by atoms with Crippen LogP contribution in [0.4, 0.5) is 0 Å². The molecule has 1 fully saturated rings. The SMILES string of the molecule is COc1cccc2[nH]c(C(=O)N3CC[C@@H](S(C)(=O)=O)C3)cc12. The maximum Gasteiger partial charge on any atom is 0.270 e. The first-order valence-corrected chi connectivity index (χ1v) is 8.99. The summed E-state index contributed by atoms with van der Waals surface area (Å²) < 4.78 is 28.5. The lowest BCUT2D eigenvalue weighted by Crippen LogP contribution is -2.31. The number of amides is 1. The highest BCUT2D eigenvalue weighted by Crippen LogP contribution is 2.27. The fourth-order valence-corrected chi connectivity index (χ4v) is 3.84. The van der Waals surface area contributed by atoms with E-state index >= 15 is 0 Å². The molecule has 1 aliphatic rings. The van der Waals surface area contributed by atoms with Crippen molar-refractivity contribution in [1.29, 1.82) is 0 Å². The lowest BCUT2D eigenvalue weighted by molar-refractivity contribution is 0.0788. The second-order valence-electron chi connectivity index (χ2n) is 5.60. The van der Waals surface area contributed by atoms with E-state index < -0.39 is 15.1 Å². The van der Waals surface area contributed by atoms with Gasteiger partial charge in [0.2, 0.25) is 0 Å². The first kappa shape index (κ1) is 14.9. The quantitative estimate of drug-likeness (QED) is 0.927. The van der Waals surface area contributed by atoms with Crippen LogP contribution >= 0.6 is 0 Å². The van der Waals surface area contributed by atoms with Crippen molar-refractivity contribution in [3.05, 3.63) is 30.0 Å². The van der Waals surface area contributed by atoms with E-state index in [0.717, 1.165) is 10.9 Å². The highest BCUT2D eigenvalue weighted by Gasteiger charge is 2.33. The number of hydrogen-bond acceptors (Lipinski definition) is 4. The number of hydrogen-bond donors (Lipinski definition) is 1. The molecule has 1 aromatic carbocycles. The predicted octanol–water partition coefficient (Wildman–Crippen LogP) is 1.44. The highest BCUT2D eigenvalue weighted by atomic mass is 32.2. The fourth-order valence-electron chi connectivity index (χ4n) is 2.85. The number of aromatic nitrogens is 1. The maximum absolute atomic E-state index is 12.5. The molecule has 22 heavy (non-hydrogen) atoms. The predicted molar refractivity (Wildman–Crippen MR) is 84.0 cm³/mol. The number of aromatic amines is 1. The van der Waals surface area contributed by atoms with Crippen molar-refractivity contribution in [2.45, 2.75) is 11.7 Å². The molecule has 1 saturated heterocycles. The Hall–Kier alpha value is -2.02. The van der Waals surface area contributed by atoms with Gasteiger partial charge < -0.3 is 14.6 Å². The van der Waals surface area contributed by atoms with Crippen molar-refractivity contribution >= 4 is 26.6 Å². The van der Waals surface area contributed by atoms with Gasteiger partial charge in [0.15, 0.2) is 9.84 Å². The molecule has 2 aromatic rings. The first-order chi connectivity index (χ1) is 10.4. The van der Waals surface area contributed by atoms with Crippen LogP contribution in [0, 0.1) is 0 Å². The molecule has 6 nitrogen and oxygen atoms in total. The Morgan fingerprint density at radius 1 is 1.41 bits per heavy atom. The Labute approximate surface area is 129 Å². The van der Waals surface area contributed by atoms with Crippen LogP contribution < -0.4 is 4.74 Å². The molecule has 0 bridgehead atoms. The molecular formula is C15H18N2O4S. The van der Waals surface area contributed by atoms with Gasteiger partial charge in [-0.05, 0) is 24.6 Å². The Balaban J connectivity index is 1.87.